The predicted octanol–water partition coefficient (Wildman–Crippen LogP) is 0.683. The van der Waals surface area contributed by atoms with Gasteiger partial charge in [-0.1, -0.05) is 12.1 Å². The lowest BCUT2D eigenvalue weighted by Crippen LogP contribution is -2.53. The Morgan fingerprint density at radius 1 is 1.21 bits per heavy atom. The third kappa shape index (κ3) is 5.22. The number of ether oxygens (including phenoxy) is 1. The maximum absolute atomic E-state index is 13.3. The van der Waals surface area contributed by atoms with Gasteiger partial charge in [0, 0.05) is 51.9 Å². The van der Waals surface area contributed by atoms with E-state index in [2.05, 4.69) is 15.1 Å². The first-order valence-corrected chi connectivity index (χ1v) is 8.89. The fraction of sp³-hybridized carbons (Fsp3) is 0.667. The third-order valence-electron chi connectivity index (χ3n) is 4.90. The summed E-state index contributed by atoms with van der Waals surface area (Å²) in [5, 5.41) is 13.9. The van der Waals surface area contributed by atoms with Gasteiger partial charge in [0.2, 0.25) is 0 Å². The van der Waals surface area contributed by atoms with Crippen molar-refractivity contribution in [2.24, 2.45) is 0 Å². The topological polar surface area (TPSA) is 48.0 Å². The number of benzene rings is 1. The number of piperidine rings is 1. The molecule has 3 rings (SSSR count). The van der Waals surface area contributed by atoms with E-state index in [0.29, 0.717) is 13.1 Å². The van der Waals surface area contributed by atoms with Gasteiger partial charge in [0.05, 0.1) is 19.3 Å². The van der Waals surface area contributed by atoms with Gasteiger partial charge >= 0.3 is 0 Å². The molecule has 5 nitrogen and oxygen atoms in total. The lowest BCUT2D eigenvalue weighted by molar-refractivity contribution is 0.0268. The minimum absolute atomic E-state index is 0.148. The molecule has 2 aliphatic heterocycles. The Morgan fingerprint density at radius 2 is 2.04 bits per heavy atom. The SMILES string of the molecule is O[C@@H]1CN(Cc2cccc(F)c2)CC[C@H]1NCCN1CCOCC1. The predicted molar refractivity (Wildman–Crippen MR) is 91.4 cm³/mol. The number of likely N-dealkylation sites (tertiary alicyclic amines) is 1. The number of halogens is 1. The maximum atomic E-state index is 13.3. The number of β-amino-alcohol motifs (C(OH)–C–C–N with tert-alkyl or cyclic N) is 1. The first-order valence-electron chi connectivity index (χ1n) is 8.89. The van der Waals surface area contributed by atoms with Crippen LogP contribution in [0.25, 0.3) is 0 Å². The van der Waals surface area contributed by atoms with Crippen molar-refractivity contribution in [2.75, 3.05) is 52.5 Å². The van der Waals surface area contributed by atoms with Crippen molar-refractivity contribution in [1.29, 1.82) is 0 Å². The Hall–Kier alpha value is -1.05. The molecule has 0 spiro atoms. The normalized spacial score (nSPS) is 26.6. The van der Waals surface area contributed by atoms with Crippen molar-refractivity contribution in [3.05, 3.63) is 35.6 Å². The number of nitrogens with zero attached hydrogens (tertiary/aromatic N) is 2. The summed E-state index contributed by atoms with van der Waals surface area (Å²) >= 11 is 0. The Labute approximate surface area is 143 Å². The number of hydrogen-bond acceptors (Lipinski definition) is 5. The van der Waals surface area contributed by atoms with Gasteiger partial charge in [-0.2, -0.15) is 0 Å². The first kappa shape index (κ1) is 17.8. The Balaban J connectivity index is 1.38. The van der Waals surface area contributed by atoms with Crippen LogP contribution in [0, 0.1) is 5.82 Å². The molecule has 2 aliphatic rings. The average Bonchev–Trinajstić information content (AvgIpc) is 2.58. The van der Waals surface area contributed by atoms with E-state index < -0.39 is 0 Å². The molecule has 2 saturated heterocycles. The number of nitrogens with one attached hydrogen (secondary N) is 1. The van der Waals surface area contributed by atoms with Gasteiger partial charge in [0.1, 0.15) is 5.82 Å². The molecule has 24 heavy (non-hydrogen) atoms. The van der Waals surface area contributed by atoms with Crippen molar-refractivity contribution in [1.82, 2.24) is 15.1 Å². The summed E-state index contributed by atoms with van der Waals surface area (Å²) in [6.45, 7) is 7.77. The zero-order chi connectivity index (χ0) is 16.8. The molecule has 0 bridgehead atoms. The second-order valence-electron chi connectivity index (χ2n) is 6.74. The van der Waals surface area contributed by atoms with Crippen molar-refractivity contribution in [3.8, 4) is 0 Å². The molecular weight excluding hydrogens is 309 g/mol. The summed E-state index contributed by atoms with van der Waals surface area (Å²) in [5.41, 5.74) is 0.959. The molecule has 0 radical (unpaired) electrons. The van der Waals surface area contributed by atoms with Crippen molar-refractivity contribution in [2.45, 2.75) is 25.1 Å². The first-order chi connectivity index (χ1) is 11.7. The van der Waals surface area contributed by atoms with Crippen LogP contribution in [0.4, 0.5) is 4.39 Å². The number of hydrogen-bond donors (Lipinski definition) is 2. The lowest BCUT2D eigenvalue weighted by atomic mass is 10.0. The Bertz CT molecular complexity index is 511. The van der Waals surface area contributed by atoms with E-state index in [1.807, 2.05) is 6.07 Å². The van der Waals surface area contributed by atoms with Crippen LogP contribution in [0.1, 0.15) is 12.0 Å². The summed E-state index contributed by atoms with van der Waals surface area (Å²) < 4.78 is 18.6. The van der Waals surface area contributed by atoms with Gasteiger partial charge in [-0.05, 0) is 24.1 Å². The van der Waals surface area contributed by atoms with Crippen LogP contribution in [0.3, 0.4) is 0 Å². The number of aliphatic hydroxyl groups is 1. The zero-order valence-corrected chi connectivity index (χ0v) is 14.2. The van der Waals surface area contributed by atoms with E-state index in [4.69, 9.17) is 4.74 Å². The second-order valence-corrected chi connectivity index (χ2v) is 6.74. The highest BCUT2D eigenvalue weighted by atomic mass is 19.1. The molecule has 1 aromatic carbocycles. The smallest absolute Gasteiger partial charge is 0.123 e. The monoisotopic (exact) mass is 337 g/mol. The fourth-order valence-electron chi connectivity index (χ4n) is 3.51. The van der Waals surface area contributed by atoms with E-state index in [9.17, 15) is 9.50 Å². The van der Waals surface area contributed by atoms with E-state index in [0.717, 1.165) is 57.9 Å². The van der Waals surface area contributed by atoms with Crippen LogP contribution in [0.15, 0.2) is 24.3 Å². The molecule has 0 amide bonds. The standard InChI is InChI=1S/C18H28FN3O2/c19-16-3-1-2-15(12-16)13-22-6-4-17(18(23)14-22)20-5-7-21-8-10-24-11-9-21/h1-3,12,17-18,20,23H,4-11,13-14H2/t17-,18-/m1/s1. The second kappa shape index (κ2) is 8.87. The molecule has 134 valence electrons. The van der Waals surface area contributed by atoms with Crippen molar-refractivity contribution in [3.63, 3.8) is 0 Å². The summed E-state index contributed by atoms with van der Waals surface area (Å²) in [5.74, 6) is -0.201. The molecule has 0 saturated carbocycles. The van der Waals surface area contributed by atoms with Gasteiger partial charge in [-0.25, -0.2) is 4.39 Å². The lowest BCUT2D eigenvalue weighted by Gasteiger charge is -2.37. The zero-order valence-electron chi connectivity index (χ0n) is 14.2. The number of morpholine rings is 1. The van der Waals surface area contributed by atoms with E-state index in [1.165, 1.54) is 6.07 Å². The highest BCUT2D eigenvalue weighted by Gasteiger charge is 2.27. The van der Waals surface area contributed by atoms with E-state index in [1.54, 1.807) is 12.1 Å². The summed E-state index contributed by atoms with van der Waals surface area (Å²) in [4.78, 5) is 4.58. The van der Waals surface area contributed by atoms with Crippen LogP contribution >= 0.6 is 0 Å². The van der Waals surface area contributed by atoms with Crippen molar-refractivity contribution >= 4 is 0 Å². The fourth-order valence-corrected chi connectivity index (χ4v) is 3.51. The van der Waals surface area contributed by atoms with Gasteiger partial charge in [-0.15, -0.1) is 0 Å². The van der Waals surface area contributed by atoms with Crippen LogP contribution in [0.2, 0.25) is 0 Å². The molecule has 2 fully saturated rings. The van der Waals surface area contributed by atoms with Gasteiger partial charge in [0.25, 0.3) is 0 Å². The van der Waals surface area contributed by atoms with Gasteiger partial charge < -0.3 is 15.2 Å². The highest BCUT2D eigenvalue weighted by Crippen LogP contribution is 2.15. The molecule has 0 unspecified atom stereocenters. The van der Waals surface area contributed by atoms with Gasteiger partial charge in [-0.3, -0.25) is 9.80 Å². The van der Waals surface area contributed by atoms with Crippen LogP contribution in [-0.4, -0.2) is 79.5 Å². The van der Waals surface area contributed by atoms with E-state index >= 15 is 0 Å². The third-order valence-corrected chi connectivity index (χ3v) is 4.90. The quantitative estimate of drug-likeness (QED) is 0.800. The molecule has 6 heteroatoms. The van der Waals surface area contributed by atoms with E-state index in [-0.39, 0.29) is 18.0 Å². The van der Waals surface area contributed by atoms with Gasteiger partial charge in [0.15, 0.2) is 0 Å². The summed E-state index contributed by atoms with van der Waals surface area (Å²) in [7, 11) is 0. The van der Waals surface area contributed by atoms with Crippen LogP contribution < -0.4 is 5.32 Å². The molecule has 2 N–H and O–H groups in total. The maximum Gasteiger partial charge on any atom is 0.123 e. The molecule has 0 aliphatic carbocycles. The van der Waals surface area contributed by atoms with Crippen LogP contribution in [0.5, 0.6) is 0 Å². The Morgan fingerprint density at radius 3 is 2.79 bits per heavy atom. The molecule has 2 atom stereocenters. The molecule has 0 aromatic heterocycles. The van der Waals surface area contributed by atoms with Crippen molar-refractivity contribution < 1.29 is 14.2 Å². The summed E-state index contributed by atoms with van der Waals surface area (Å²) in [6, 6.07) is 6.85. The average molecular weight is 337 g/mol. The van der Waals surface area contributed by atoms with Crippen LogP contribution in [-0.2, 0) is 11.3 Å². The number of aliphatic hydroxyl groups excluding tert-OH is 1. The highest BCUT2D eigenvalue weighted by molar-refractivity contribution is 5.16. The number of rotatable bonds is 6. The Kier molecular flexibility index (Phi) is 6.57. The molecule has 2 heterocycles. The molecule has 1 aromatic rings. The molecular formula is C18H28FN3O2. The minimum Gasteiger partial charge on any atom is -0.390 e. The largest absolute Gasteiger partial charge is 0.390 e. The minimum atomic E-state index is -0.378. The summed E-state index contributed by atoms with van der Waals surface area (Å²) in [6.07, 6.45) is 0.538.